The lowest BCUT2D eigenvalue weighted by atomic mass is 10.0. The molecule has 10 aromatic carbocycles. The summed E-state index contributed by atoms with van der Waals surface area (Å²) >= 11 is 0. The predicted molar refractivity (Wildman–Crippen MR) is 285 cm³/mol. The summed E-state index contributed by atoms with van der Waals surface area (Å²) in [4.78, 5) is 16.1. The molecule has 0 fully saturated rings. The first-order valence-electron chi connectivity index (χ1n) is 23.4. The maximum Gasteiger partial charge on any atom is 0.238 e. The second-order valence-corrected chi connectivity index (χ2v) is 17.6. The summed E-state index contributed by atoms with van der Waals surface area (Å²) in [6.45, 7) is 0. The van der Waals surface area contributed by atoms with Gasteiger partial charge in [0, 0.05) is 54.8 Å². The van der Waals surface area contributed by atoms with Crippen molar-refractivity contribution in [3.8, 4) is 62.4 Å². The Kier molecular flexibility index (Phi) is 8.79. The molecule has 0 aliphatic heterocycles. The summed E-state index contributed by atoms with van der Waals surface area (Å²) in [6.07, 6.45) is 0. The van der Waals surface area contributed by atoms with E-state index in [2.05, 4.69) is 232 Å². The van der Waals surface area contributed by atoms with Gasteiger partial charge in [-0.05, 0) is 70.8 Å². The second-order valence-electron chi connectivity index (χ2n) is 17.6. The van der Waals surface area contributed by atoms with E-state index in [-0.39, 0.29) is 0 Å². The molecule has 0 bridgehead atoms. The van der Waals surface area contributed by atoms with Gasteiger partial charge in [0.25, 0.3) is 0 Å². The highest BCUT2D eigenvalue weighted by molar-refractivity contribution is 6.24. The molecule has 4 aromatic heterocycles. The summed E-state index contributed by atoms with van der Waals surface area (Å²) in [6, 6.07) is 86.3. The van der Waals surface area contributed by atoms with E-state index in [1.807, 2.05) is 24.3 Å². The molecule has 0 saturated carbocycles. The van der Waals surface area contributed by atoms with Crippen LogP contribution >= 0.6 is 0 Å². The third kappa shape index (κ3) is 6.23. The molecular weight excluding hydrogens is 841 g/mol. The molecule has 4 heterocycles. The Balaban J connectivity index is 1.08. The van der Waals surface area contributed by atoms with Crippen LogP contribution in [0.2, 0.25) is 0 Å². The molecule has 6 nitrogen and oxygen atoms in total. The average Bonchev–Trinajstić information content (AvgIpc) is 4.07. The molecule has 14 rings (SSSR count). The van der Waals surface area contributed by atoms with Gasteiger partial charge in [-0.15, -0.1) is 0 Å². The van der Waals surface area contributed by atoms with Crippen LogP contribution in [-0.4, -0.2) is 28.7 Å². The molecule has 322 valence electrons. The number of fused-ring (bicyclic) bond motifs is 10. The fourth-order valence-electron chi connectivity index (χ4n) is 10.5. The molecule has 0 amide bonds. The Morgan fingerprint density at radius 1 is 0.232 bits per heavy atom. The van der Waals surface area contributed by atoms with Gasteiger partial charge >= 0.3 is 0 Å². The third-order valence-electron chi connectivity index (χ3n) is 13.7. The molecule has 14 aromatic rings. The van der Waals surface area contributed by atoms with Crippen molar-refractivity contribution in [2.75, 3.05) is 0 Å². The van der Waals surface area contributed by atoms with Crippen LogP contribution in [0, 0.1) is 0 Å². The largest absolute Gasteiger partial charge is 0.309 e. The van der Waals surface area contributed by atoms with Gasteiger partial charge in [0.1, 0.15) is 0 Å². The Hall–Kier alpha value is -9.39. The molecule has 0 N–H and O–H groups in total. The van der Waals surface area contributed by atoms with E-state index < -0.39 is 0 Å². The Morgan fingerprint density at radius 3 is 1.17 bits per heavy atom. The van der Waals surface area contributed by atoms with Crippen LogP contribution in [-0.2, 0) is 0 Å². The highest BCUT2D eigenvalue weighted by Crippen LogP contribution is 2.43. The summed E-state index contributed by atoms with van der Waals surface area (Å²) in [5, 5.41) is 6.96. The van der Waals surface area contributed by atoms with E-state index in [1.54, 1.807) is 0 Å². The zero-order valence-corrected chi connectivity index (χ0v) is 37.3. The van der Waals surface area contributed by atoms with Gasteiger partial charge < -0.3 is 9.13 Å². The molecule has 0 atom stereocenters. The van der Waals surface area contributed by atoms with Gasteiger partial charge in [-0.3, -0.25) is 4.57 Å². The molecule has 0 spiro atoms. The van der Waals surface area contributed by atoms with Crippen LogP contribution in [0.1, 0.15) is 0 Å². The summed E-state index contributed by atoms with van der Waals surface area (Å²) in [7, 11) is 0. The Morgan fingerprint density at radius 2 is 0.609 bits per heavy atom. The standard InChI is InChI=1S/C63H40N6/c1-4-16-41(17-5-1)43-28-30-46(31-29-43)62-64-61(45-20-8-3-9-21-45)65-63(66-62)69-58-39-36-48(67-55-25-13-10-22-49(55)50-23-11-14-26-56(50)67)40-54(58)53-38-37-52-51-24-12-15-27-57(51)68(59(52)60(53)69)47-34-32-44(33-35-47)42-18-6-2-7-19-42/h1-40H. The molecule has 0 aliphatic carbocycles. The molecular formula is C63H40N6. The number of nitrogens with zero attached hydrogens (tertiary/aromatic N) is 6. The van der Waals surface area contributed by atoms with Crippen molar-refractivity contribution in [3.05, 3.63) is 243 Å². The summed E-state index contributed by atoms with van der Waals surface area (Å²) in [5.74, 6) is 1.74. The lowest BCUT2D eigenvalue weighted by Gasteiger charge is -2.14. The highest BCUT2D eigenvalue weighted by Gasteiger charge is 2.25. The van der Waals surface area contributed by atoms with Crippen molar-refractivity contribution in [3.63, 3.8) is 0 Å². The first-order valence-corrected chi connectivity index (χ1v) is 23.4. The number of hydrogen-bond donors (Lipinski definition) is 0. The van der Waals surface area contributed by atoms with Crippen LogP contribution < -0.4 is 0 Å². The highest BCUT2D eigenvalue weighted by atomic mass is 15.2. The Bertz CT molecular complexity index is 4210. The molecule has 0 unspecified atom stereocenters. The number of aromatic nitrogens is 6. The Labute approximate surface area is 397 Å². The lowest BCUT2D eigenvalue weighted by molar-refractivity contribution is 0.953. The minimum Gasteiger partial charge on any atom is -0.309 e. The van der Waals surface area contributed by atoms with Crippen LogP contribution in [0.15, 0.2) is 243 Å². The molecule has 6 heteroatoms. The first-order chi connectivity index (χ1) is 34.2. The number of para-hydroxylation sites is 3. The van der Waals surface area contributed by atoms with Gasteiger partial charge in [-0.25, -0.2) is 4.98 Å². The first kappa shape index (κ1) is 38.8. The molecule has 0 saturated heterocycles. The summed E-state index contributed by atoms with van der Waals surface area (Å²) < 4.78 is 7.10. The van der Waals surface area contributed by atoms with E-state index in [0.717, 1.165) is 82.9 Å². The maximum absolute atomic E-state index is 5.46. The minimum absolute atomic E-state index is 0.541. The quantitative estimate of drug-likeness (QED) is 0.160. The summed E-state index contributed by atoms with van der Waals surface area (Å²) in [5.41, 5.74) is 15.1. The molecule has 0 radical (unpaired) electrons. The van der Waals surface area contributed by atoms with E-state index in [1.165, 1.54) is 27.3 Å². The number of rotatable bonds is 7. The average molecular weight is 881 g/mol. The monoisotopic (exact) mass is 880 g/mol. The normalized spacial score (nSPS) is 11.8. The minimum atomic E-state index is 0.541. The van der Waals surface area contributed by atoms with Crippen LogP contribution in [0.25, 0.3) is 128 Å². The predicted octanol–water partition coefficient (Wildman–Crippen LogP) is 15.8. The molecule has 0 aliphatic rings. The zero-order valence-electron chi connectivity index (χ0n) is 37.3. The van der Waals surface area contributed by atoms with Crippen molar-refractivity contribution in [1.82, 2.24) is 28.7 Å². The zero-order chi connectivity index (χ0) is 45.4. The SMILES string of the molecule is c1ccc(-c2ccc(-c3nc(-c4ccccc4)nc(-n4c5ccc(-n6c7ccccc7c7ccccc76)cc5c5ccc6c7ccccc7n(-c7ccc(-c8ccccc8)cc7)c6c54)n3)cc2)cc1. The van der Waals surface area contributed by atoms with Crippen molar-refractivity contribution < 1.29 is 0 Å². The lowest BCUT2D eigenvalue weighted by Crippen LogP contribution is -2.07. The van der Waals surface area contributed by atoms with Crippen LogP contribution in [0.5, 0.6) is 0 Å². The van der Waals surface area contributed by atoms with Gasteiger partial charge in [0.2, 0.25) is 5.95 Å². The number of hydrogen-bond acceptors (Lipinski definition) is 3. The van der Waals surface area contributed by atoms with Crippen molar-refractivity contribution in [2.45, 2.75) is 0 Å². The maximum atomic E-state index is 5.46. The van der Waals surface area contributed by atoms with Crippen LogP contribution in [0.4, 0.5) is 0 Å². The van der Waals surface area contributed by atoms with E-state index >= 15 is 0 Å². The van der Waals surface area contributed by atoms with Crippen molar-refractivity contribution in [2.24, 2.45) is 0 Å². The van der Waals surface area contributed by atoms with Gasteiger partial charge in [0.05, 0.1) is 33.1 Å². The van der Waals surface area contributed by atoms with Crippen molar-refractivity contribution in [1.29, 1.82) is 0 Å². The molecule has 69 heavy (non-hydrogen) atoms. The number of benzene rings is 10. The topological polar surface area (TPSA) is 53.5 Å². The van der Waals surface area contributed by atoms with Gasteiger partial charge in [-0.1, -0.05) is 194 Å². The smallest absolute Gasteiger partial charge is 0.238 e. The second kappa shape index (κ2) is 15.6. The van der Waals surface area contributed by atoms with E-state index in [4.69, 9.17) is 15.0 Å². The van der Waals surface area contributed by atoms with Gasteiger partial charge in [-0.2, -0.15) is 9.97 Å². The van der Waals surface area contributed by atoms with E-state index in [9.17, 15) is 0 Å². The fourth-order valence-corrected chi connectivity index (χ4v) is 10.5. The third-order valence-corrected chi connectivity index (χ3v) is 13.7. The van der Waals surface area contributed by atoms with Crippen molar-refractivity contribution >= 4 is 65.4 Å². The van der Waals surface area contributed by atoms with E-state index in [0.29, 0.717) is 17.6 Å². The van der Waals surface area contributed by atoms with Crippen LogP contribution in [0.3, 0.4) is 0 Å². The van der Waals surface area contributed by atoms with Gasteiger partial charge in [0.15, 0.2) is 11.6 Å². The fraction of sp³-hybridized carbons (Fsp3) is 0.